The highest BCUT2D eigenvalue weighted by molar-refractivity contribution is 7.15. The Morgan fingerprint density at radius 2 is 2.15 bits per heavy atom. The fourth-order valence-electron chi connectivity index (χ4n) is 4.05. The first-order chi connectivity index (χ1) is 12.8. The van der Waals surface area contributed by atoms with E-state index in [4.69, 9.17) is 4.74 Å². The van der Waals surface area contributed by atoms with Gasteiger partial charge in [-0.25, -0.2) is 0 Å². The zero-order chi connectivity index (χ0) is 17.9. The van der Waals surface area contributed by atoms with Crippen LogP contribution in [0.15, 0.2) is 24.5 Å². The Labute approximate surface area is 158 Å². The minimum Gasteiger partial charge on any atom is -0.396 e. The van der Waals surface area contributed by atoms with Crippen LogP contribution in [0.25, 0.3) is 5.00 Å². The Balaban J connectivity index is 1.56. The van der Waals surface area contributed by atoms with Crippen LogP contribution in [0.2, 0.25) is 0 Å². The van der Waals surface area contributed by atoms with Crippen molar-refractivity contribution < 1.29 is 14.6 Å². The summed E-state index contributed by atoms with van der Waals surface area (Å²) >= 11 is 1.75. The SMILES string of the molecule is O=C(NC[C@H](CO)[C@H]1CCOC1)c1c(-n2cccc2)sc2c1CCCC2. The number of hydrogen-bond donors (Lipinski definition) is 2. The van der Waals surface area contributed by atoms with Gasteiger partial charge in [0.05, 0.1) is 5.56 Å². The van der Waals surface area contributed by atoms with E-state index in [1.807, 2.05) is 29.1 Å². The van der Waals surface area contributed by atoms with Crippen molar-refractivity contribution in [3.8, 4) is 5.00 Å². The Morgan fingerprint density at radius 3 is 2.88 bits per heavy atom. The molecule has 0 unspecified atom stereocenters. The summed E-state index contributed by atoms with van der Waals surface area (Å²) in [5.74, 6) is 0.386. The van der Waals surface area contributed by atoms with Crippen LogP contribution in [0.3, 0.4) is 0 Å². The van der Waals surface area contributed by atoms with Crippen LogP contribution in [-0.4, -0.2) is 41.9 Å². The lowest BCUT2D eigenvalue weighted by Gasteiger charge is -2.21. The number of carbonyl (C=O) groups is 1. The molecule has 140 valence electrons. The van der Waals surface area contributed by atoms with Crippen molar-refractivity contribution >= 4 is 17.2 Å². The summed E-state index contributed by atoms with van der Waals surface area (Å²) in [4.78, 5) is 14.5. The van der Waals surface area contributed by atoms with Gasteiger partial charge >= 0.3 is 0 Å². The van der Waals surface area contributed by atoms with Crippen LogP contribution in [0.4, 0.5) is 0 Å². The quantitative estimate of drug-likeness (QED) is 0.817. The van der Waals surface area contributed by atoms with Crippen molar-refractivity contribution in [2.24, 2.45) is 11.8 Å². The molecule has 2 atom stereocenters. The first-order valence-electron chi connectivity index (χ1n) is 9.52. The minimum absolute atomic E-state index is 0.00883. The van der Waals surface area contributed by atoms with Crippen molar-refractivity contribution in [1.82, 2.24) is 9.88 Å². The molecule has 1 aliphatic carbocycles. The molecule has 2 aliphatic rings. The highest BCUT2D eigenvalue weighted by Gasteiger charge is 2.29. The zero-order valence-corrected chi connectivity index (χ0v) is 15.8. The Morgan fingerprint density at radius 1 is 1.35 bits per heavy atom. The molecule has 3 heterocycles. The number of aryl methyl sites for hydroxylation is 1. The van der Waals surface area contributed by atoms with E-state index in [1.54, 1.807) is 11.3 Å². The zero-order valence-electron chi connectivity index (χ0n) is 14.9. The number of aromatic nitrogens is 1. The number of thiophene rings is 1. The summed E-state index contributed by atoms with van der Waals surface area (Å²) < 4.78 is 7.48. The van der Waals surface area contributed by atoms with E-state index in [-0.39, 0.29) is 18.4 Å². The Hall–Kier alpha value is -1.63. The fraction of sp³-hybridized carbons (Fsp3) is 0.550. The van der Waals surface area contributed by atoms with E-state index >= 15 is 0 Å². The van der Waals surface area contributed by atoms with Gasteiger partial charge in [0.25, 0.3) is 5.91 Å². The van der Waals surface area contributed by atoms with E-state index in [0.717, 1.165) is 42.9 Å². The van der Waals surface area contributed by atoms with Gasteiger partial charge in [0.2, 0.25) is 0 Å². The third kappa shape index (κ3) is 3.46. The number of ether oxygens (including phenoxy) is 1. The lowest BCUT2D eigenvalue weighted by molar-refractivity contribution is 0.0917. The van der Waals surface area contributed by atoms with Crippen LogP contribution in [0.5, 0.6) is 0 Å². The predicted octanol–water partition coefficient (Wildman–Crippen LogP) is 2.79. The normalized spacial score (nSPS) is 20.7. The molecule has 0 saturated carbocycles. The number of rotatable bonds is 6. The van der Waals surface area contributed by atoms with Crippen molar-refractivity contribution in [3.63, 3.8) is 0 Å². The van der Waals surface area contributed by atoms with Gasteiger partial charge in [-0.3, -0.25) is 4.79 Å². The summed E-state index contributed by atoms with van der Waals surface area (Å²) in [6, 6.07) is 3.98. The maximum atomic E-state index is 13.1. The highest BCUT2D eigenvalue weighted by Crippen LogP contribution is 2.37. The second kappa shape index (κ2) is 7.94. The Bertz CT molecular complexity index is 747. The molecular formula is C20H26N2O3S. The third-order valence-corrected chi connectivity index (χ3v) is 6.91. The molecule has 0 bridgehead atoms. The summed E-state index contributed by atoms with van der Waals surface area (Å²) in [7, 11) is 0. The van der Waals surface area contributed by atoms with E-state index in [1.165, 1.54) is 16.9 Å². The summed E-state index contributed by atoms with van der Waals surface area (Å²) in [6.07, 6.45) is 9.36. The molecule has 2 aromatic heterocycles. The van der Waals surface area contributed by atoms with Gasteiger partial charge in [0.1, 0.15) is 5.00 Å². The fourth-order valence-corrected chi connectivity index (χ4v) is 5.41. The number of hydrogen-bond acceptors (Lipinski definition) is 4. The number of aliphatic hydroxyl groups is 1. The lowest BCUT2D eigenvalue weighted by Crippen LogP contribution is -2.35. The molecule has 5 nitrogen and oxygen atoms in total. The molecule has 26 heavy (non-hydrogen) atoms. The van der Waals surface area contributed by atoms with Gasteiger partial charge in [0.15, 0.2) is 0 Å². The molecule has 1 aliphatic heterocycles. The molecule has 2 N–H and O–H groups in total. The van der Waals surface area contributed by atoms with Gasteiger partial charge in [-0.1, -0.05) is 0 Å². The van der Waals surface area contributed by atoms with E-state index in [9.17, 15) is 9.90 Å². The molecular weight excluding hydrogens is 348 g/mol. The topological polar surface area (TPSA) is 63.5 Å². The molecule has 0 radical (unpaired) electrons. The van der Waals surface area contributed by atoms with Crippen molar-refractivity contribution in [3.05, 3.63) is 40.5 Å². The number of nitrogens with zero attached hydrogens (tertiary/aromatic N) is 1. The van der Waals surface area contributed by atoms with E-state index in [0.29, 0.717) is 19.1 Å². The molecule has 0 spiro atoms. The second-order valence-corrected chi connectivity index (χ2v) is 8.34. The van der Waals surface area contributed by atoms with Gasteiger partial charge in [-0.15, -0.1) is 11.3 Å². The van der Waals surface area contributed by atoms with Crippen LogP contribution in [0, 0.1) is 11.8 Å². The molecule has 4 rings (SSSR count). The molecule has 2 aromatic rings. The van der Waals surface area contributed by atoms with Crippen LogP contribution < -0.4 is 5.32 Å². The number of fused-ring (bicyclic) bond motifs is 1. The number of nitrogens with one attached hydrogen (secondary N) is 1. The van der Waals surface area contributed by atoms with Crippen molar-refractivity contribution in [2.75, 3.05) is 26.4 Å². The number of amides is 1. The largest absolute Gasteiger partial charge is 0.396 e. The van der Waals surface area contributed by atoms with E-state index in [2.05, 4.69) is 5.32 Å². The summed E-state index contributed by atoms with van der Waals surface area (Å²) in [5, 5.41) is 13.8. The number of aliphatic hydroxyl groups excluding tert-OH is 1. The second-order valence-electron chi connectivity index (χ2n) is 7.26. The van der Waals surface area contributed by atoms with Crippen LogP contribution in [-0.2, 0) is 17.6 Å². The molecule has 0 aromatic carbocycles. The minimum atomic E-state index is -0.00883. The maximum absolute atomic E-state index is 13.1. The number of carbonyl (C=O) groups excluding carboxylic acids is 1. The van der Waals surface area contributed by atoms with Gasteiger partial charge in [-0.05, 0) is 55.7 Å². The average Bonchev–Trinajstić information content (AvgIpc) is 3.41. The summed E-state index contributed by atoms with van der Waals surface area (Å²) in [5.41, 5.74) is 2.06. The standard InChI is InChI=1S/C20H26N2O3S/c23-12-15(14-7-10-25-13-14)11-21-19(24)18-16-5-1-2-6-17(16)26-20(18)22-8-3-4-9-22/h3-4,8-9,14-15,23H,1-2,5-7,10-13H2,(H,21,24)/t14-,15+/m0/s1. The van der Waals surface area contributed by atoms with Crippen LogP contribution >= 0.6 is 11.3 Å². The van der Waals surface area contributed by atoms with E-state index < -0.39 is 0 Å². The van der Waals surface area contributed by atoms with Gasteiger partial charge in [0, 0.05) is 49.6 Å². The first kappa shape index (κ1) is 17.8. The molecule has 1 amide bonds. The van der Waals surface area contributed by atoms with Gasteiger partial charge < -0.3 is 19.7 Å². The molecule has 6 heteroatoms. The smallest absolute Gasteiger partial charge is 0.254 e. The first-order valence-corrected chi connectivity index (χ1v) is 10.3. The monoisotopic (exact) mass is 374 g/mol. The predicted molar refractivity (Wildman–Crippen MR) is 102 cm³/mol. The maximum Gasteiger partial charge on any atom is 0.254 e. The average molecular weight is 375 g/mol. The lowest BCUT2D eigenvalue weighted by atomic mass is 9.92. The van der Waals surface area contributed by atoms with Gasteiger partial charge in [-0.2, -0.15) is 0 Å². The molecule has 1 saturated heterocycles. The van der Waals surface area contributed by atoms with Crippen LogP contribution in [0.1, 0.15) is 40.1 Å². The summed E-state index contributed by atoms with van der Waals surface area (Å²) in [6.45, 7) is 2.02. The highest BCUT2D eigenvalue weighted by atomic mass is 32.1. The Kier molecular flexibility index (Phi) is 5.43. The molecule has 1 fully saturated rings. The van der Waals surface area contributed by atoms with Crippen molar-refractivity contribution in [1.29, 1.82) is 0 Å². The third-order valence-electron chi connectivity index (χ3n) is 5.61. The van der Waals surface area contributed by atoms with Crippen molar-refractivity contribution in [2.45, 2.75) is 32.1 Å².